The van der Waals surface area contributed by atoms with Crippen molar-refractivity contribution in [1.29, 1.82) is 0 Å². The summed E-state index contributed by atoms with van der Waals surface area (Å²) in [4.78, 5) is 80.9. The van der Waals surface area contributed by atoms with Crippen molar-refractivity contribution >= 4 is 11.8 Å². The summed E-state index contributed by atoms with van der Waals surface area (Å²) in [6, 6.07) is 24.9. The lowest BCUT2D eigenvalue weighted by atomic mass is 9.80. The summed E-state index contributed by atoms with van der Waals surface area (Å²) in [5, 5.41) is 0. The van der Waals surface area contributed by atoms with Crippen molar-refractivity contribution < 1.29 is 38.0 Å². The molecule has 0 aliphatic carbocycles. The molecule has 2 aromatic heterocycles. The second-order valence-electron chi connectivity index (χ2n) is 15.7. The largest absolute Gasteiger partial charge is 0.497 e. The van der Waals surface area contributed by atoms with Gasteiger partial charge in [0.1, 0.15) is 41.4 Å². The first-order chi connectivity index (χ1) is 29.8. The summed E-state index contributed by atoms with van der Waals surface area (Å²) in [5.74, 6) is 0.188. The lowest BCUT2D eigenvalue weighted by Crippen LogP contribution is -2.37. The van der Waals surface area contributed by atoms with Crippen LogP contribution in [0.3, 0.4) is 0 Å². The minimum atomic E-state index is -1.20. The molecule has 2 aliphatic rings. The van der Waals surface area contributed by atoms with Crippen LogP contribution in [-0.4, -0.2) is 70.0 Å². The van der Waals surface area contributed by atoms with E-state index in [1.54, 1.807) is 28.1 Å². The van der Waals surface area contributed by atoms with Crippen LogP contribution in [0.1, 0.15) is 79.3 Å². The van der Waals surface area contributed by atoms with Gasteiger partial charge in [-0.05, 0) is 73.6 Å². The molecule has 16 heteroatoms. The van der Waals surface area contributed by atoms with E-state index in [9.17, 15) is 28.8 Å². The number of ketones is 1. The molecule has 2 aliphatic heterocycles. The molecule has 2 saturated heterocycles. The number of H-pyrrole nitrogens is 2. The normalized spacial score (nSPS) is 21.1. The first-order valence-corrected chi connectivity index (χ1v) is 20.4. The summed E-state index contributed by atoms with van der Waals surface area (Å²) in [7, 11) is 3.19. The average Bonchev–Trinajstić information content (AvgIpc) is 3.86. The van der Waals surface area contributed by atoms with Gasteiger partial charge in [0.15, 0.2) is 0 Å². The van der Waals surface area contributed by atoms with Gasteiger partial charge >= 0.3 is 17.3 Å². The molecule has 7 rings (SSSR count). The molecule has 5 aromatic rings. The number of nitrogens with one attached hydrogen (secondary N) is 2. The zero-order chi connectivity index (χ0) is 44.1. The summed E-state index contributed by atoms with van der Waals surface area (Å²) >= 11 is 0. The van der Waals surface area contributed by atoms with E-state index >= 15 is 0 Å². The Labute approximate surface area is 356 Å². The zero-order valence-corrected chi connectivity index (χ0v) is 35.2. The number of hydrogen-bond donors (Lipinski definition) is 2. The van der Waals surface area contributed by atoms with E-state index in [-0.39, 0.29) is 44.5 Å². The molecule has 2 fully saturated rings. The van der Waals surface area contributed by atoms with Crippen LogP contribution in [0, 0.1) is 19.8 Å². The predicted octanol–water partition coefficient (Wildman–Crippen LogP) is 4.59. The number of nitrogens with zero attached hydrogens (tertiary/aromatic N) is 2. The Hall–Kier alpha value is -6.36. The number of benzene rings is 3. The molecular formula is C46H50N4O12. The van der Waals surface area contributed by atoms with Crippen LogP contribution in [0.15, 0.2) is 110 Å². The summed E-state index contributed by atoms with van der Waals surface area (Å²) in [6.45, 7) is 4.41. The van der Waals surface area contributed by atoms with Gasteiger partial charge in [0.05, 0.1) is 33.0 Å². The van der Waals surface area contributed by atoms with Crippen molar-refractivity contribution in [2.75, 3.05) is 20.8 Å². The molecule has 16 nitrogen and oxygen atoms in total. The quantitative estimate of drug-likeness (QED) is 0.104. The van der Waals surface area contributed by atoms with Gasteiger partial charge in [-0.25, -0.2) is 9.59 Å². The monoisotopic (exact) mass is 850 g/mol. The van der Waals surface area contributed by atoms with E-state index in [2.05, 4.69) is 9.97 Å². The van der Waals surface area contributed by atoms with Crippen LogP contribution in [0.4, 0.5) is 0 Å². The third-order valence-electron chi connectivity index (χ3n) is 11.6. The number of hydrogen-bond acceptors (Lipinski definition) is 12. The Kier molecular flexibility index (Phi) is 13.2. The molecule has 0 unspecified atom stereocenters. The van der Waals surface area contributed by atoms with Crippen molar-refractivity contribution in [2.45, 2.75) is 89.2 Å². The topological polar surface area (TPSA) is 199 Å². The number of aromatic amines is 2. The molecule has 4 heterocycles. The minimum Gasteiger partial charge on any atom is -0.497 e. The molecule has 0 bridgehead atoms. The number of esters is 1. The van der Waals surface area contributed by atoms with Gasteiger partial charge in [-0.1, -0.05) is 54.6 Å². The summed E-state index contributed by atoms with van der Waals surface area (Å²) in [6.07, 6.45) is -0.359. The Balaban J connectivity index is 1.18. The van der Waals surface area contributed by atoms with Gasteiger partial charge in [0.2, 0.25) is 0 Å². The first kappa shape index (κ1) is 43.7. The van der Waals surface area contributed by atoms with Crippen LogP contribution in [0.2, 0.25) is 0 Å². The lowest BCUT2D eigenvalue weighted by molar-refractivity contribution is -0.149. The SMILES string of the molecule is COc1ccc(C(OC[C@H]2O[C@@H](n3cc(C)c(=O)[nH]c3=O)C[C@@H]2CC(=O)CC[C@H]2O[C@@H](n3cc(C)c(=O)[nH]c3=O)C[C@@H]2OC(C)=O)(c2ccccc2)c2ccc(OC)cc2)cc1. The third-order valence-corrected chi connectivity index (χ3v) is 11.6. The van der Waals surface area contributed by atoms with Crippen molar-refractivity contribution in [3.63, 3.8) is 0 Å². The predicted molar refractivity (Wildman–Crippen MR) is 225 cm³/mol. The van der Waals surface area contributed by atoms with Crippen molar-refractivity contribution in [1.82, 2.24) is 19.1 Å². The van der Waals surface area contributed by atoms with Crippen molar-refractivity contribution in [2.24, 2.45) is 5.92 Å². The van der Waals surface area contributed by atoms with Crippen molar-refractivity contribution in [3.8, 4) is 11.5 Å². The molecule has 3 aromatic carbocycles. The Bertz CT molecular complexity index is 2570. The second-order valence-corrected chi connectivity index (χ2v) is 15.7. The minimum absolute atomic E-state index is 0.0201. The number of carbonyl (C=O) groups is 2. The van der Waals surface area contributed by atoms with E-state index in [1.807, 2.05) is 78.9 Å². The summed E-state index contributed by atoms with van der Waals surface area (Å²) in [5.41, 5.74) is -0.505. The van der Waals surface area contributed by atoms with Gasteiger partial charge in [0, 0.05) is 49.7 Å². The highest BCUT2D eigenvalue weighted by Crippen LogP contribution is 2.44. The molecule has 2 N–H and O–H groups in total. The third kappa shape index (κ3) is 9.27. The van der Waals surface area contributed by atoms with Crippen LogP contribution < -0.4 is 32.0 Å². The number of ether oxygens (including phenoxy) is 6. The van der Waals surface area contributed by atoms with Gasteiger partial charge in [-0.3, -0.25) is 38.3 Å². The van der Waals surface area contributed by atoms with Crippen molar-refractivity contribution in [3.05, 3.63) is 161 Å². The van der Waals surface area contributed by atoms with E-state index in [0.29, 0.717) is 22.6 Å². The van der Waals surface area contributed by atoms with E-state index < -0.39 is 70.8 Å². The maximum Gasteiger partial charge on any atom is 0.330 e. The Morgan fingerprint density at radius 3 is 1.73 bits per heavy atom. The van der Waals surface area contributed by atoms with Gasteiger partial charge in [-0.2, -0.15) is 0 Å². The number of carbonyl (C=O) groups excluding carboxylic acids is 2. The highest BCUT2D eigenvalue weighted by atomic mass is 16.6. The van der Waals surface area contributed by atoms with Crippen LogP contribution in [0.5, 0.6) is 11.5 Å². The Morgan fingerprint density at radius 1 is 0.710 bits per heavy atom. The zero-order valence-electron chi connectivity index (χ0n) is 35.2. The average molecular weight is 851 g/mol. The number of aromatic nitrogens is 4. The lowest BCUT2D eigenvalue weighted by Gasteiger charge is -2.37. The molecule has 0 saturated carbocycles. The fourth-order valence-corrected chi connectivity index (χ4v) is 8.39. The standard InChI is InChI=1S/C46H50N4O12/c1-27-24-49(44(55)47-42(27)53)40-22-30(21-34(52)15-20-37-38(60-29(3)51)23-41(61-37)50-25-28(2)43(54)48-45(50)56)39(62-40)26-59-46(31-9-7-6-8-10-31,32-11-16-35(57-4)17-12-32)33-13-18-36(58-5)19-14-33/h6-14,16-19,24-25,30,37-41H,15,20-23,26H2,1-5H3,(H,47,53,55)(H,48,54,56)/t30-,37+,38-,39+,40+,41+/m0/s1. The molecule has 62 heavy (non-hydrogen) atoms. The van der Waals surface area contributed by atoms with E-state index in [4.69, 9.17) is 28.4 Å². The molecule has 6 atom stereocenters. The number of methoxy groups -OCH3 is 2. The fourth-order valence-electron chi connectivity index (χ4n) is 8.39. The van der Waals surface area contributed by atoms with Crippen LogP contribution in [0.25, 0.3) is 0 Å². The maximum absolute atomic E-state index is 14.0. The van der Waals surface area contributed by atoms with E-state index in [1.165, 1.54) is 28.5 Å². The molecule has 0 radical (unpaired) electrons. The van der Waals surface area contributed by atoms with Gasteiger partial charge in [-0.15, -0.1) is 0 Å². The number of rotatable bonds is 16. The maximum atomic E-state index is 14.0. The van der Waals surface area contributed by atoms with Crippen LogP contribution >= 0.6 is 0 Å². The molecule has 326 valence electrons. The molecule has 0 spiro atoms. The number of aryl methyl sites for hydroxylation is 2. The summed E-state index contributed by atoms with van der Waals surface area (Å²) < 4.78 is 39.2. The van der Waals surface area contributed by atoms with Gasteiger partial charge in [0.25, 0.3) is 11.1 Å². The highest BCUT2D eigenvalue weighted by Gasteiger charge is 2.44. The van der Waals surface area contributed by atoms with E-state index in [0.717, 1.165) is 16.7 Å². The first-order valence-electron chi connectivity index (χ1n) is 20.4. The second kappa shape index (κ2) is 18.7. The molecular weight excluding hydrogens is 801 g/mol. The van der Waals surface area contributed by atoms with Crippen LogP contribution in [-0.2, 0) is 34.1 Å². The fraction of sp³-hybridized carbons (Fsp3) is 0.391. The number of Topliss-reactive ketones (excluding diaryl/α,β-unsaturated/α-hetero) is 1. The molecule has 0 amide bonds. The van der Waals surface area contributed by atoms with Gasteiger partial charge < -0.3 is 28.4 Å². The highest BCUT2D eigenvalue weighted by molar-refractivity contribution is 5.78. The Morgan fingerprint density at radius 2 is 1.21 bits per heavy atom. The smallest absolute Gasteiger partial charge is 0.330 e.